The van der Waals surface area contributed by atoms with E-state index in [0.29, 0.717) is 28.8 Å². The molecule has 0 saturated heterocycles. The van der Waals surface area contributed by atoms with Gasteiger partial charge in [0.05, 0.1) is 0 Å². The Balaban J connectivity index is 1.65. The molecule has 4 rings (SSSR count). The third-order valence-corrected chi connectivity index (χ3v) is 8.19. The summed E-state index contributed by atoms with van der Waals surface area (Å²) in [4.78, 5) is 24.2. The maximum Gasteiger partial charge on any atom is 0.139 e. The lowest BCUT2D eigenvalue weighted by molar-refractivity contribution is -0.144. The number of hydrogen-bond acceptors (Lipinski definition) is 2. The molecule has 0 N–H and O–H groups in total. The van der Waals surface area contributed by atoms with Crippen molar-refractivity contribution in [1.29, 1.82) is 0 Å². The number of hydrogen-bond donors (Lipinski definition) is 0. The number of carbonyl (C=O) groups excluding carboxylic acids is 2. The second-order valence-corrected chi connectivity index (χ2v) is 8.82. The van der Waals surface area contributed by atoms with Crippen molar-refractivity contribution in [2.24, 2.45) is 34.5 Å². The predicted molar refractivity (Wildman–Crippen MR) is 81.7 cm³/mol. The molecule has 0 heterocycles. The maximum absolute atomic E-state index is 12.4. The lowest BCUT2D eigenvalue weighted by atomic mass is 9.45. The normalized spacial score (nSPS) is 53.0. The lowest BCUT2D eigenvalue weighted by Crippen LogP contribution is -2.53. The summed E-state index contributed by atoms with van der Waals surface area (Å²) in [6.07, 6.45) is 9.53. The first kappa shape index (κ1) is 14.0. The van der Waals surface area contributed by atoms with E-state index in [1.807, 2.05) is 0 Å². The Morgan fingerprint density at radius 3 is 2.52 bits per heavy atom. The largest absolute Gasteiger partial charge is 0.300 e. The number of ketones is 2. The summed E-state index contributed by atoms with van der Waals surface area (Å²) in [5.41, 5.74) is 0.374. The van der Waals surface area contributed by atoms with E-state index in [2.05, 4.69) is 13.8 Å². The van der Waals surface area contributed by atoms with Gasteiger partial charge in [0, 0.05) is 24.7 Å². The first-order valence-corrected chi connectivity index (χ1v) is 9.00. The van der Waals surface area contributed by atoms with E-state index in [-0.39, 0.29) is 5.41 Å². The Morgan fingerprint density at radius 2 is 1.71 bits per heavy atom. The van der Waals surface area contributed by atoms with Crippen LogP contribution in [0.3, 0.4) is 0 Å². The predicted octanol–water partition coefficient (Wildman–Crippen LogP) is 4.17. The van der Waals surface area contributed by atoms with Gasteiger partial charge in [0.1, 0.15) is 11.6 Å². The molecule has 0 aromatic heterocycles. The molecule has 0 amide bonds. The van der Waals surface area contributed by atoms with Crippen LogP contribution in [-0.4, -0.2) is 11.6 Å². The van der Waals surface area contributed by atoms with Crippen molar-refractivity contribution in [3.63, 3.8) is 0 Å². The molecule has 4 saturated carbocycles. The van der Waals surface area contributed by atoms with Gasteiger partial charge in [-0.15, -0.1) is 0 Å². The van der Waals surface area contributed by atoms with Crippen molar-refractivity contribution < 1.29 is 9.59 Å². The van der Waals surface area contributed by atoms with E-state index in [0.717, 1.165) is 50.4 Å². The molecule has 0 aromatic carbocycles. The van der Waals surface area contributed by atoms with Crippen LogP contribution in [0.2, 0.25) is 0 Å². The van der Waals surface area contributed by atoms with Gasteiger partial charge >= 0.3 is 0 Å². The summed E-state index contributed by atoms with van der Waals surface area (Å²) in [5, 5.41) is 0. The van der Waals surface area contributed by atoms with Crippen LogP contribution in [0.4, 0.5) is 0 Å². The van der Waals surface area contributed by atoms with Crippen LogP contribution in [0.1, 0.15) is 71.6 Å². The summed E-state index contributed by atoms with van der Waals surface area (Å²) < 4.78 is 0. The van der Waals surface area contributed by atoms with E-state index in [1.54, 1.807) is 0 Å². The molecule has 2 heteroatoms. The second kappa shape index (κ2) is 4.43. The van der Waals surface area contributed by atoms with Gasteiger partial charge in [0.25, 0.3) is 0 Å². The zero-order chi connectivity index (χ0) is 14.8. The second-order valence-electron chi connectivity index (χ2n) is 8.82. The van der Waals surface area contributed by atoms with Crippen molar-refractivity contribution in [1.82, 2.24) is 0 Å². The van der Waals surface area contributed by atoms with Crippen molar-refractivity contribution in [2.75, 3.05) is 0 Å². The fourth-order valence-electron chi connectivity index (χ4n) is 6.82. The minimum Gasteiger partial charge on any atom is -0.300 e. The van der Waals surface area contributed by atoms with Crippen molar-refractivity contribution in [3.8, 4) is 0 Å². The molecule has 0 spiro atoms. The fraction of sp³-hybridized carbons (Fsp3) is 0.895. The Bertz CT molecular complexity index is 496. The highest BCUT2D eigenvalue weighted by Gasteiger charge is 2.60. The van der Waals surface area contributed by atoms with Gasteiger partial charge in [-0.25, -0.2) is 0 Å². The van der Waals surface area contributed by atoms with E-state index in [4.69, 9.17) is 0 Å². The Labute approximate surface area is 128 Å². The van der Waals surface area contributed by atoms with Crippen LogP contribution >= 0.6 is 0 Å². The SMILES string of the molecule is CC12CCC3C(CC[C@@H]4CC(=O)CCC34C)[C@H]1CCC2=O. The van der Waals surface area contributed by atoms with E-state index < -0.39 is 0 Å². The third-order valence-electron chi connectivity index (χ3n) is 8.19. The summed E-state index contributed by atoms with van der Waals surface area (Å²) in [7, 11) is 0. The zero-order valence-electron chi connectivity index (χ0n) is 13.5. The monoisotopic (exact) mass is 288 g/mol. The number of rotatable bonds is 0. The van der Waals surface area contributed by atoms with E-state index >= 15 is 0 Å². The molecule has 6 atom stereocenters. The summed E-state index contributed by atoms with van der Waals surface area (Å²) in [5.74, 6) is 3.82. The van der Waals surface area contributed by atoms with Crippen LogP contribution in [-0.2, 0) is 9.59 Å². The molecule has 4 fully saturated rings. The minimum absolute atomic E-state index is 0.00511. The molecule has 4 aliphatic rings. The van der Waals surface area contributed by atoms with Crippen molar-refractivity contribution >= 4 is 11.6 Å². The Morgan fingerprint density at radius 1 is 0.905 bits per heavy atom. The van der Waals surface area contributed by atoms with Gasteiger partial charge in [-0.2, -0.15) is 0 Å². The minimum atomic E-state index is -0.00511. The molecular weight excluding hydrogens is 260 g/mol. The highest BCUT2D eigenvalue weighted by molar-refractivity contribution is 5.87. The van der Waals surface area contributed by atoms with Crippen LogP contribution in [0.5, 0.6) is 0 Å². The van der Waals surface area contributed by atoms with Gasteiger partial charge in [-0.1, -0.05) is 13.8 Å². The highest BCUT2D eigenvalue weighted by atomic mass is 16.1. The molecule has 2 nitrogen and oxygen atoms in total. The Hall–Kier alpha value is -0.660. The van der Waals surface area contributed by atoms with Crippen molar-refractivity contribution in [2.45, 2.75) is 71.6 Å². The van der Waals surface area contributed by atoms with Crippen LogP contribution in [0, 0.1) is 34.5 Å². The summed E-state index contributed by atoms with van der Waals surface area (Å²) >= 11 is 0. The molecular formula is C19H28O2. The van der Waals surface area contributed by atoms with Gasteiger partial charge in [-0.05, 0) is 67.6 Å². The number of Topliss-reactive ketones (excluding diaryl/α,β-unsaturated/α-hetero) is 2. The molecule has 21 heavy (non-hydrogen) atoms. The van der Waals surface area contributed by atoms with E-state index in [9.17, 15) is 9.59 Å². The van der Waals surface area contributed by atoms with Crippen LogP contribution in [0.15, 0.2) is 0 Å². The number of fused-ring (bicyclic) bond motifs is 5. The van der Waals surface area contributed by atoms with Gasteiger partial charge in [-0.3, -0.25) is 9.59 Å². The Kier molecular flexibility index (Phi) is 2.94. The third kappa shape index (κ3) is 1.77. The smallest absolute Gasteiger partial charge is 0.139 e. The van der Waals surface area contributed by atoms with Gasteiger partial charge in [0.15, 0.2) is 0 Å². The van der Waals surface area contributed by atoms with Crippen LogP contribution in [0.25, 0.3) is 0 Å². The maximum atomic E-state index is 12.4. The van der Waals surface area contributed by atoms with Crippen molar-refractivity contribution in [3.05, 3.63) is 0 Å². The standard InChI is InChI=1S/C19H28O2/c1-18-9-7-13(20)11-12(18)3-4-14-15-5-6-17(21)19(15,2)10-8-16(14)18/h12,14-16H,3-11H2,1-2H3/t12-,14?,15-,16?,18?,19?/m1/s1. The summed E-state index contributed by atoms with van der Waals surface area (Å²) in [6.45, 7) is 4.72. The average molecular weight is 288 g/mol. The summed E-state index contributed by atoms with van der Waals surface area (Å²) in [6, 6.07) is 0. The molecule has 4 aliphatic carbocycles. The first-order chi connectivity index (χ1) is 9.95. The lowest BCUT2D eigenvalue weighted by Gasteiger charge is -2.59. The highest BCUT2D eigenvalue weighted by Crippen LogP contribution is 2.65. The number of carbonyl (C=O) groups is 2. The molecule has 0 bridgehead atoms. The fourth-order valence-corrected chi connectivity index (χ4v) is 6.82. The van der Waals surface area contributed by atoms with E-state index in [1.165, 1.54) is 19.3 Å². The molecule has 116 valence electrons. The van der Waals surface area contributed by atoms with Gasteiger partial charge < -0.3 is 0 Å². The molecule has 0 radical (unpaired) electrons. The zero-order valence-corrected chi connectivity index (χ0v) is 13.5. The molecule has 0 aliphatic heterocycles. The van der Waals surface area contributed by atoms with Crippen LogP contribution < -0.4 is 0 Å². The molecule has 0 aromatic rings. The first-order valence-electron chi connectivity index (χ1n) is 9.00. The quantitative estimate of drug-likeness (QED) is 0.670. The topological polar surface area (TPSA) is 34.1 Å². The molecule has 4 unspecified atom stereocenters. The average Bonchev–Trinajstić information content (AvgIpc) is 2.76. The van der Waals surface area contributed by atoms with Gasteiger partial charge in [0.2, 0.25) is 0 Å².